The van der Waals surface area contributed by atoms with Crippen molar-refractivity contribution in [2.24, 2.45) is 0 Å². The van der Waals surface area contributed by atoms with Gasteiger partial charge in [-0.2, -0.15) is 0 Å². The van der Waals surface area contributed by atoms with Gasteiger partial charge in [0.15, 0.2) is 0 Å². The highest BCUT2D eigenvalue weighted by atomic mass is 15.3. The van der Waals surface area contributed by atoms with E-state index in [-0.39, 0.29) is 0 Å². The lowest BCUT2D eigenvalue weighted by molar-refractivity contribution is -0.923. The Morgan fingerprint density at radius 1 is 0.517 bits per heavy atom. The topological polar surface area (TPSA) is 0 Å². The van der Waals surface area contributed by atoms with Gasteiger partial charge in [0.2, 0.25) is 0 Å². The van der Waals surface area contributed by atoms with E-state index in [0.29, 0.717) is 0 Å². The number of quaternary nitrogens is 1. The molecule has 1 aromatic rings. The van der Waals surface area contributed by atoms with Crippen LogP contribution in [0.5, 0.6) is 0 Å². The Morgan fingerprint density at radius 3 is 1.31 bits per heavy atom. The Balaban J connectivity index is 2.26. The molecule has 168 valence electrons. The highest BCUT2D eigenvalue weighted by molar-refractivity contribution is 5.13. The summed E-state index contributed by atoms with van der Waals surface area (Å²) in [6.07, 6.45) is 22.7. The van der Waals surface area contributed by atoms with E-state index in [9.17, 15) is 0 Å². The zero-order chi connectivity index (χ0) is 21.0. The zero-order valence-electron chi connectivity index (χ0n) is 20.3. The highest BCUT2D eigenvalue weighted by Gasteiger charge is 2.21. The molecule has 29 heavy (non-hydrogen) atoms. The van der Waals surface area contributed by atoms with Crippen molar-refractivity contribution in [3.05, 3.63) is 35.9 Å². The lowest BCUT2D eigenvalue weighted by Gasteiger charge is -2.35. The normalized spacial score (nSPS) is 13.5. The average Bonchev–Trinajstić information content (AvgIpc) is 2.73. The summed E-state index contributed by atoms with van der Waals surface area (Å²) in [5.74, 6) is 0. The summed E-state index contributed by atoms with van der Waals surface area (Å²) < 4.78 is 1.23. The van der Waals surface area contributed by atoms with Gasteiger partial charge in [-0.05, 0) is 25.7 Å². The Kier molecular flexibility index (Phi) is 16.3. The minimum absolute atomic E-state index is 1.20. The van der Waals surface area contributed by atoms with Gasteiger partial charge < -0.3 is 4.48 Å². The highest BCUT2D eigenvalue weighted by Crippen LogP contribution is 2.18. The van der Waals surface area contributed by atoms with Gasteiger partial charge in [0, 0.05) is 5.56 Å². The fourth-order valence-corrected chi connectivity index (χ4v) is 4.55. The first-order chi connectivity index (χ1) is 14.2. The van der Waals surface area contributed by atoms with Crippen LogP contribution >= 0.6 is 0 Å². The first-order valence-corrected chi connectivity index (χ1v) is 13.1. The summed E-state index contributed by atoms with van der Waals surface area (Å²) in [6.45, 7) is 8.50. The zero-order valence-corrected chi connectivity index (χ0v) is 20.3. The second-order valence-corrected chi connectivity index (χ2v) is 9.66. The molecule has 0 aliphatic carbocycles. The summed E-state index contributed by atoms with van der Waals surface area (Å²) in [6, 6.07) is 11.2. The molecule has 0 aromatic heterocycles. The lowest BCUT2D eigenvalue weighted by atomic mass is 10.1. The molecule has 0 fully saturated rings. The number of rotatable bonds is 20. The Hall–Kier alpha value is -0.820. The molecule has 0 radical (unpaired) electrons. The van der Waals surface area contributed by atoms with Crippen LogP contribution in [0.25, 0.3) is 0 Å². The minimum Gasteiger partial charge on any atom is -0.322 e. The Morgan fingerprint density at radius 2 is 0.897 bits per heavy atom. The maximum Gasteiger partial charge on any atom is 0.104 e. The Bertz CT molecular complexity index is 455. The molecule has 0 saturated carbocycles. The van der Waals surface area contributed by atoms with E-state index in [1.165, 1.54) is 132 Å². The predicted molar refractivity (Wildman–Crippen MR) is 131 cm³/mol. The molecule has 1 unspecified atom stereocenters. The second-order valence-electron chi connectivity index (χ2n) is 9.66. The molecule has 0 aliphatic heterocycles. The summed E-state index contributed by atoms with van der Waals surface area (Å²) >= 11 is 0. The van der Waals surface area contributed by atoms with Gasteiger partial charge in [-0.15, -0.1) is 0 Å². The molecule has 0 heterocycles. The second kappa shape index (κ2) is 18.0. The maximum absolute atomic E-state index is 2.51. The SMILES string of the molecule is CCCCCCCCCCCC[N+](C)(CCCCCCCC)Cc1ccccc1. The standard InChI is InChI=1S/C28H52N/c1-4-6-8-10-12-13-14-15-17-22-26-29(3,25-21-16-11-9-7-5-2)27-28-23-19-18-20-24-28/h18-20,23-24H,4-17,21-22,25-27H2,1-3H3/q+1. The van der Waals surface area contributed by atoms with E-state index in [4.69, 9.17) is 0 Å². The minimum atomic E-state index is 1.20. The van der Waals surface area contributed by atoms with Crippen LogP contribution in [0.15, 0.2) is 30.3 Å². The molecule has 1 aromatic carbocycles. The van der Waals surface area contributed by atoms with E-state index < -0.39 is 0 Å². The van der Waals surface area contributed by atoms with Crippen molar-refractivity contribution in [3.63, 3.8) is 0 Å². The van der Waals surface area contributed by atoms with Gasteiger partial charge in [0.25, 0.3) is 0 Å². The van der Waals surface area contributed by atoms with Crippen LogP contribution in [0.3, 0.4) is 0 Å². The Labute approximate surface area is 183 Å². The summed E-state index contributed by atoms with van der Waals surface area (Å²) in [4.78, 5) is 0. The third-order valence-corrected chi connectivity index (χ3v) is 6.51. The van der Waals surface area contributed by atoms with Crippen molar-refractivity contribution < 1.29 is 4.48 Å². The molecule has 0 N–H and O–H groups in total. The molecule has 0 saturated heterocycles. The molecule has 0 spiro atoms. The summed E-state index contributed by atoms with van der Waals surface area (Å²) in [7, 11) is 2.51. The van der Waals surface area contributed by atoms with Gasteiger partial charge in [-0.1, -0.05) is 121 Å². The third kappa shape index (κ3) is 14.8. The molecular weight excluding hydrogens is 350 g/mol. The summed E-state index contributed by atoms with van der Waals surface area (Å²) in [5.41, 5.74) is 1.51. The number of nitrogens with zero attached hydrogens (tertiary/aromatic N) is 1. The van der Waals surface area contributed by atoms with Crippen LogP contribution in [0.1, 0.15) is 122 Å². The van der Waals surface area contributed by atoms with E-state index in [1.54, 1.807) is 0 Å². The van der Waals surface area contributed by atoms with E-state index in [2.05, 4.69) is 51.2 Å². The quantitative estimate of drug-likeness (QED) is 0.151. The monoisotopic (exact) mass is 402 g/mol. The smallest absolute Gasteiger partial charge is 0.104 e. The van der Waals surface area contributed by atoms with Crippen LogP contribution in [-0.2, 0) is 6.54 Å². The van der Waals surface area contributed by atoms with Crippen LogP contribution in [-0.4, -0.2) is 24.6 Å². The number of benzene rings is 1. The first-order valence-electron chi connectivity index (χ1n) is 13.1. The lowest BCUT2D eigenvalue weighted by Crippen LogP contribution is -2.44. The van der Waals surface area contributed by atoms with Crippen molar-refractivity contribution >= 4 is 0 Å². The number of unbranched alkanes of at least 4 members (excludes halogenated alkanes) is 14. The van der Waals surface area contributed by atoms with Crippen molar-refractivity contribution in [1.29, 1.82) is 0 Å². The van der Waals surface area contributed by atoms with Gasteiger partial charge in [0.05, 0.1) is 20.1 Å². The van der Waals surface area contributed by atoms with Crippen molar-refractivity contribution in [1.82, 2.24) is 0 Å². The van der Waals surface area contributed by atoms with Crippen molar-refractivity contribution in [2.75, 3.05) is 20.1 Å². The average molecular weight is 403 g/mol. The first kappa shape index (κ1) is 26.2. The van der Waals surface area contributed by atoms with Crippen LogP contribution in [0.2, 0.25) is 0 Å². The van der Waals surface area contributed by atoms with Crippen molar-refractivity contribution in [3.8, 4) is 0 Å². The fraction of sp³-hybridized carbons (Fsp3) is 0.786. The predicted octanol–water partition coefficient (Wildman–Crippen LogP) is 8.91. The van der Waals surface area contributed by atoms with Gasteiger partial charge in [-0.25, -0.2) is 0 Å². The van der Waals surface area contributed by atoms with Crippen LogP contribution in [0.4, 0.5) is 0 Å². The molecule has 0 aliphatic rings. The van der Waals surface area contributed by atoms with E-state index >= 15 is 0 Å². The van der Waals surface area contributed by atoms with Gasteiger partial charge in [0.1, 0.15) is 6.54 Å². The van der Waals surface area contributed by atoms with Crippen molar-refractivity contribution in [2.45, 2.75) is 123 Å². The largest absolute Gasteiger partial charge is 0.322 e. The van der Waals surface area contributed by atoms with Gasteiger partial charge in [-0.3, -0.25) is 0 Å². The van der Waals surface area contributed by atoms with E-state index in [1.807, 2.05) is 0 Å². The fourth-order valence-electron chi connectivity index (χ4n) is 4.55. The van der Waals surface area contributed by atoms with E-state index in [0.717, 1.165) is 0 Å². The summed E-state index contributed by atoms with van der Waals surface area (Å²) in [5, 5.41) is 0. The maximum atomic E-state index is 2.51. The van der Waals surface area contributed by atoms with Crippen LogP contribution < -0.4 is 0 Å². The third-order valence-electron chi connectivity index (χ3n) is 6.51. The number of hydrogen-bond donors (Lipinski definition) is 0. The molecule has 1 heteroatoms. The van der Waals surface area contributed by atoms with Gasteiger partial charge >= 0.3 is 0 Å². The number of hydrogen-bond acceptors (Lipinski definition) is 0. The van der Waals surface area contributed by atoms with Crippen LogP contribution in [0, 0.1) is 0 Å². The molecular formula is C28H52N+. The molecule has 1 rings (SSSR count). The molecule has 0 amide bonds. The molecule has 1 nitrogen and oxygen atoms in total. The molecule has 1 atom stereocenters. The molecule has 0 bridgehead atoms.